The molecular formula is C10H19NO4. The molecular weight excluding hydrogens is 198 g/mol. The second-order valence-corrected chi connectivity index (χ2v) is 3.61. The number of rotatable bonds is 8. The number of aliphatic hydroxyl groups excluding tert-OH is 1. The molecule has 0 aromatic rings. The molecule has 0 rings (SSSR count). The normalized spacial score (nSPS) is 12.1. The molecule has 0 aliphatic heterocycles. The van der Waals surface area contributed by atoms with E-state index in [2.05, 4.69) is 5.32 Å². The highest BCUT2D eigenvalue weighted by Crippen LogP contribution is 1.98. The first kappa shape index (κ1) is 13.9. The number of carbonyl (C=O) groups excluding carboxylic acids is 1. The highest BCUT2D eigenvalue weighted by Gasteiger charge is 2.04. The summed E-state index contributed by atoms with van der Waals surface area (Å²) in [6.07, 6.45) is 1.90. The largest absolute Gasteiger partial charge is 0.481 e. The van der Waals surface area contributed by atoms with Gasteiger partial charge in [-0.1, -0.05) is 6.42 Å². The zero-order chi connectivity index (χ0) is 11.7. The van der Waals surface area contributed by atoms with Crippen molar-refractivity contribution in [2.45, 2.75) is 45.1 Å². The smallest absolute Gasteiger partial charge is 0.303 e. The molecule has 0 aliphatic carbocycles. The van der Waals surface area contributed by atoms with E-state index in [4.69, 9.17) is 10.2 Å². The number of carboxylic acids is 1. The van der Waals surface area contributed by atoms with Crippen molar-refractivity contribution in [2.75, 3.05) is 6.54 Å². The van der Waals surface area contributed by atoms with Gasteiger partial charge in [-0.3, -0.25) is 9.59 Å². The van der Waals surface area contributed by atoms with Crippen LogP contribution in [0.5, 0.6) is 0 Å². The molecule has 5 heteroatoms. The van der Waals surface area contributed by atoms with Gasteiger partial charge in [-0.25, -0.2) is 0 Å². The molecule has 1 amide bonds. The summed E-state index contributed by atoms with van der Waals surface area (Å²) in [6, 6.07) is 0. The van der Waals surface area contributed by atoms with Crippen molar-refractivity contribution in [3.63, 3.8) is 0 Å². The lowest BCUT2D eigenvalue weighted by Crippen LogP contribution is -2.27. The van der Waals surface area contributed by atoms with Crippen molar-refractivity contribution >= 4 is 11.9 Å². The summed E-state index contributed by atoms with van der Waals surface area (Å²) in [4.78, 5) is 21.2. The molecule has 88 valence electrons. The van der Waals surface area contributed by atoms with E-state index in [1.165, 1.54) is 0 Å². The van der Waals surface area contributed by atoms with Crippen LogP contribution in [0.3, 0.4) is 0 Å². The minimum absolute atomic E-state index is 0.120. The van der Waals surface area contributed by atoms with Gasteiger partial charge in [0.05, 0.1) is 12.5 Å². The Morgan fingerprint density at radius 3 is 2.47 bits per heavy atom. The second kappa shape index (κ2) is 8.23. The molecule has 0 saturated carbocycles. The lowest BCUT2D eigenvalue weighted by atomic mass is 10.2. The van der Waals surface area contributed by atoms with Gasteiger partial charge in [-0.2, -0.15) is 0 Å². The maximum absolute atomic E-state index is 11.0. The van der Waals surface area contributed by atoms with E-state index < -0.39 is 12.1 Å². The first-order valence-corrected chi connectivity index (χ1v) is 5.19. The Kier molecular flexibility index (Phi) is 7.62. The molecule has 5 nitrogen and oxygen atoms in total. The third-order valence-electron chi connectivity index (χ3n) is 1.87. The van der Waals surface area contributed by atoms with Crippen molar-refractivity contribution in [3.8, 4) is 0 Å². The summed E-state index contributed by atoms with van der Waals surface area (Å²) in [5, 5.41) is 19.9. The lowest BCUT2D eigenvalue weighted by molar-refractivity contribution is -0.137. The van der Waals surface area contributed by atoms with Gasteiger partial charge >= 0.3 is 5.97 Å². The number of aliphatic carboxylic acids is 1. The van der Waals surface area contributed by atoms with Crippen LogP contribution in [0, 0.1) is 0 Å². The third-order valence-corrected chi connectivity index (χ3v) is 1.87. The van der Waals surface area contributed by atoms with Crippen LogP contribution in [0.2, 0.25) is 0 Å². The van der Waals surface area contributed by atoms with Crippen LogP contribution in [0.15, 0.2) is 0 Å². The minimum Gasteiger partial charge on any atom is -0.481 e. The van der Waals surface area contributed by atoms with Gasteiger partial charge in [0.15, 0.2) is 0 Å². The summed E-state index contributed by atoms with van der Waals surface area (Å²) in [5.74, 6) is -0.948. The maximum Gasteiger partial charge on any atom is 0.303 e. The fourth-order valence-corrected chi connectivity index (χ4v) is 1.15. The van der Waals surface area contributed by atoms with Gasteiger partial charge in [0.2, 0.25) is 5.91 Å². The van der Waals surface area contributed by atoms with E-state index in [0.29, 0.717) is 13.0 Å². The number of carbonyl (C=O) groups is 2. The summed E-state index contributed by atoms with van der Waals surface area (Å²) in [6.45, 7) is 2.11. The Hall–Kier alpha value is -1.10. The fourth-order valence-electron chi connectivity index (χ4n) is 1.15. The molecule has 15 heavy (non-hydrogen) atoms. The molecule has 1 unspecified atom stereocenters. The van der Waals surface area contributed by atoms with Crippen molar-refractivity contribution in [1.82, 2.24) is 5.32 Å². The Bertz CT molecular complexity index is 204. The number of hydrogen-bond donors (Lipinski definition) is 3. The zero-order valence-corrected chi connectivity index (χ0v) is 9.03. The average Bonchev–Trinajstić information content (AvgIpc) is 2.09. The van der Waals surface area contributed by atoms with Crippen LogP contribution in [0.1, 0.15) is 39.0 Å². The summed E-state index contributed by atoms with van der Waals surface area (Å²) in [7, 11) is 0. The highest BCUT2D eigenvalue weighted by molar-refractivity contribution is 5.76. The van der Waals surface area contributed by atoms with Crippen molar-refractivity contribution in [3.05, 3.63) is 0 Å². The van der Waals surface area contributed by atoms with Crippen LogP contribution >= 0.6 is 0 Å². The van der Waals surface area contributed by atoms with Crippen molar-refractivity contribution in [2.24, 2.45) is 0 Å². The number of aliphatic hydroxyl groups is 1. The molecule has 1 atom stereocenters. The van der Waals surface area contributed by atoms with Crippen molar-refractivity contribution in [1.29, 1.82) is 0 Å². The third kappa shape index (κ3) is 10.8. The minimum atomic E-state index is -0.784. The Labute approximate surface area is 89.5 Å². The Morgan fingerprint density at radius 1 is 1.27 bits per heavy atom. The molecule has 0 heterocycles. The lowest BCUT2D eigenvalue weighted by Gasteiger charge is -2.06. The number of carboxylic acid groups (broad SMARTS) is 1. The van der Waals surface area contributed by atoms with Crippen molar-refractivity contribution < 1.29 is 19.8 Å². The number of nitrogens with one attached hydrogen (secondary N) is 1. The molecule has 0 aliphatic rings. The van der Waals surface area contributed by atoms with Crippen LogP contribution in [-0.2, 0) is 9.59 Å². The predicted octanol–water partition coefficient (Wildman–Crippen LogP) is 0.518. The van der Waals surface area contributed by atoms with Crippen LogP contribution in [0.4, 0.5) is 0 Å². The average molecular weight is 217 g/mol. The molecule has 0 radical (unpaired) electrons. The van der Waals surface area contributed by atoms with Crippen LogP contribution in [-0.4, -0.2) is 34.7 Å². The van der Waals surface area contributed by atoms with Gasteiger partial charge in [0.25, 0.3) is 0 Å². The van der Waals surface area contributed by atoms with E-state index in [0.717, 1.165) is 12.8 Å². The van der Waals surface area contributed by atoms with Gasteiger partial charge in [-0.15, -0.1) is 0 Å². The second-order valence-electron chi connectivity index (χ2n) is 3.61. The SMILES string of the molecule is CC(O)CC(=O)NCCCCCC(=O)O. The molecule has 0 spiro atoms. The first-order valence-electron chi connectivity index (χ1n) is 5.19. The monoisotopic (exact) mass is 217 g/mol. The molecule has 0 fully saturated rings. The van der Waals surface area contributed by atoms with Gasteiger partial charge in [-0.05, 0) is 19.8 Å². The Balaban J connectivity index is 3.24. The number of amides is 1. The van der Waals surface area contributed by atoms with E-state index >= 15 is 0 Å². The maximum atomic E-state index is 11.0. The summed E-state index contributed by atoms with van der Waals surface area (Å²) < 4.78 is 0. The molecule has 0 aromatic carbocycles. The fraction of sp³-hybridized carbons (Fsp3) is 0.800. The van der Waals surface area contributed by atoms with E-state index in [-0.39, 0.29) is 18.7 Å². The Morgan fingerprint density at radius 2 is 1.93 bits per heavy atom. The standard InChI is InChI=1S/C10H19NO4/c1-8(12)7-9(13)11-6-4-2-3-5-10(14)15/h8,12H,2-7H2,1H3,(H,11,13)(H,14,15). The van der Waals surface area contributed by atoms with Crippen LogP contribution < -0.4 is 5.32 Å². The number of hydrogen-bond acceptors (Lipinski definition) is 3. The van der Waals surface area contributed by atoms with Crippen LogP contribution in [0.25, 0.3) is 0 Å². The molecule has 0 aromatic heterocycles. The van der Waals surface area contributed by atoms with E-state index in [1.807, 2.05) is 0 Å². The molecule has 0 saturated heterocycles. The summed E-state index contributed by atoms with van der Waals surface area (Å²) >= 11 is 0. The van der Waals surface area contributed by atoms with Gasteiger partial charge < -0.3 is 15.5 Å². The summed E-state index contributed by atoms with van der Waals surface area (Å²) in [5.41, 5.74) is 0. The molecule has 0 bridgehead atoms. The van der Waals surface area contributed by atoms with E-state index in [9.17, 15) is 9.59 Å². The topological polar surface area (TPSA) is 86.6 Å². The predicted molar refractivity (Wildman–Crippen MR) is 55.4 cm³/mol. The van der Waals surface area contributed by atoms with E-state index in [1.54, 1.807) is 6.92 Å². The highest BCUT2D eigenvalue weighted by atomic mass is 16.4. The zero-order valence-electron chi connectivity index (χ0n) is 9.03. The number of unbranched alkanes of at least 4 members (excludes halogenated alkanes) is 2. The van der Waals surface area contributed by atoms with Gasteiger partial charge in [0.1, 0.15) is 0 Å². The first-order chi connectivity index (χ1) is 7.02. The van der Waals surface area contributed by atoms with Gasteiger partial charge in [0, 0.05) is 13.0 Å². The molecule has 3 N–H and O–H groups in total. The quantitative estimate of drug-likeness (QED) is 0.517.